The first kappa shape index (κ1) is 15.9. The molecule has 22 heavy (non-hydrogen) atoms. The number of aromatic nitrogens is 3. The van der Waals surface area contributed by atoms with Gasteiger partial charge in [0.15, 0.2) is 5.82 Å². The summed E-state index contributed by atoms with van der Waals surface area (Å²) in [5.74, 6) is 2.20. The molecule has 3 heterocycles. The van der Waals surface area contributed by atoms with E-state index in [0.29, 0.717) is 11.7 Å². The number of aliphatic hydroxyl groups is 1. The predicted molar refractivity (Wildman–Crippen MR) is 85.6 cm³/mol. The van der Waals surface area contributed by atoms with Crippen molar-refractivity contribution < 1.29 is 5.11 Å². The molecule has 1 aromatic rings. The Bertz CT molecular complexity index is 481. The Balaban J connectivity index is 1.53. The third-order valence-corrected chi connectivity index (χ3v) is 5.47. The average molecular weight is 307 g/mol. The van der Waals surface area contributed by atoms with Crippen molar-refractivity contribution in [2.45, 2.75) is 51.2 Å². The first-order valence-electron chi connectivity index (χ1n) is 8.68. The third kappa shape index (κ3) is 3.19. The lowest BCUT2D eigenvalue weighted by Gasteiger charge is -2.35. The van der Waals surface area contributed by atoms with Gasteiger partial charge in [-0.3, -0.25) is 4.90 Å². The molecule has 1 unspecified atom stereocenters. The molecule has 0 bridgehead atoms. The highest BCUT2D eigenvalue weighted by Crippen LogP contribution is 2.28. The number of hydrogen-bond donors (Lipinski definition) is 1. The maximum Gasteiger partial charge on any atom is 0.158 e. The fourth-order valence-corrected chi connectivity index (χ4v) is 4.06. The van der Waals surface area contributed by atoms with Crippen LogP contribution >= 0.6 is 0 Å². The number of hydrogen-bond acceptors (Lipinski definition) is 5. The highest BCUT2D eigenvalue weighted by atomic mass is 16.3. The van der Waals surface area contributed by atoms with Gasteiger partial charge >= 0.3 is 0 Å². The summed E-state index contributed by atoms with van der Waals surface area (Å²) in [5.41, 5.74) is 0. The van der Waals surface area contributed by atoms with E-state index in [2.05, 4.69) is 26.9 Å². The highest BCUT2D eigenvalue weighted by molar-refractivity contribution is 5.03. The monoisotopic (exact) mass is 307 g/mol. The van der Waals surface area contributed by atoms with Gasteiger partial charge in [-0.1, -0.05) is 6.92 Å². The molecule has 2 saturated heterocycles. The van der Waals surface area contributed by atoms with E-state index in [1.165, 1.54) is 32.5 Å². The lowest BCUT2D eigenvalue weighted by Crippen LogP contribution is -2.43. The minimum absolute atomic E-state index is 0.0309. The van der Waals surface area contributed by atoms with Crippen LogP contribution in [0.4, 0.5) is 0 Å². The topological polar surface area (TPSA) is 57.4 Å². The lowest BCUT2D eigenvalue weighted by atomic mass is 9.95. The molecule has 124 valence electrons. The summed E-state index contributed by atoms with van der Waals surface area (Å²) in [6.07, 6.45) is 5.02. The van der Waals surface area contributed by atoms with Gasteiger partial charge in [0, 0.05) is 25.6 Å². The summed E-state index contributed by atoms with van der Waals surface area (Å²) in [5, 5.41) is 17.6. The number of likely N-dealkylation sites (tertiary alicyclic amines) is 2. The second-order valence-electron chi connectivity index (χ2n) is 6.69. The normalized spacial score (nSPS) is 25.1. The largest absolute Gasteiger partial charge is 0.388 e. The molecule has 1 aromatic heterocycles. The van der Waals surface area contributed by atoms with Crippen molar-refractivity contribution in [1.82, 2.24) is 24.6 Å². The van der Waals surface area contributed by atoms with E-state index < -0.39 is 0 Å². The summed E-state index contributed by atoms with van der Waals surface area (Å²) < 4.78 is 1.97. The zero-order valence-corrected chi connectivity index (χ0v) is 13.9. The van der Waals surface area contributed by atoms with Crippen molar-refractivity contribution in [3.8, 4) is 0 Å². The molecule has 0 spiro atoms. The maximum absolute atomic E-state index is 9.24. The molecule has 0 amide bonds. The van der Waals surface area contributed by atoms with Crippen LogP contribution in [0.3, 0.4) is 0 Å². The molecule has 0 saturated carbocycles. The minimum atomic E-state index is -0.0309. The average Bonchev–Trinajstić information content (AvgIpc) is 3.14. The van der Waals surface area contributed by atoms with Gasteiger partial charge < -0.3 is 14.6 Å². The summed E-state index contributed by atoms with van der Waals surface area (Å²) in [4.78, 5) is 5.25. The zero-order valence-electron chi connectivity index (χ0n) is 13.9. The first-order valence-corrected chi connectivity index (χ1v) is 8.68. The van der Waals surface area contributed by atoms with Crippen LogP contribution in [0.1, 0.15) is 50.2 Å². The molecule has 2 fully saturated rings. The van der Waals surface area contributed by atoms with Crippen LogP contribution in [0.25, 0.3) is 0 Å². The molecule has 2 aliphatic heterocycles. The van der Waals surface area contributed by atoms with Crippen molar-refractivity contribution in [1.29, 1.82) is 0 Å². The van der Waals surface area contributed by atoms with E-state index >= 15 is 0 Å². The van der Waals surface area contributed by atoms with Crippen LogP contribution in [0.15, 0.2) is 0 Å². The summed E-state index contributed by atoms with van der Waals surface area (Å²) in [6, 6.07) is 0.761. The Kier molecular flexibility index (Phi) is 5.10. The van der Waals surface area contributed by atoms with Gasteiger partial charge in [-0.15, -0.1) is 10.2 Å². The smallest absolute Gasteiger partial charge is 0.158 e. The third-order valence-electron chi connectivity index (χ3n) is 5.47. The number of likely N-dealkylation sites (N-methyl/N-ethyl adjacent to an activating group) is 1. The molecule has 6 heteroatoms. The van der Waals surface area contributed by atoms with E-state index in [1.807, 2.05) is 11.6 Å². The molecule has 2 aliphatic rings. The summed E-state index contributed by atoms with van der Waals surface area (Å²) in [6.45, 7) is 8.24. The van der Waals surface area contributed by atoms with Gasteiger partial charge in [-0.05, 0) is 51.9 Å². The van der Waals surface area contributed by atoms with E-state index in [9.17, 15) is 5.11 Å². The summed E-state index contributed by atoms with van der Waals surface area (Å²) in [7, 11) is 1.96. The van der Waals surface area contributed by atoms with Crippen molar-refractivity contribution in [2.24, 2.45) is 7.05 Å². The fourth-order valence-electron chi connectivity index (χ4n) is 4.06. The van der Waals surface area contributed by atoms with Crippen LogP contribution in [0, 0.1) is 0 Å². The molecular weight excluding hydrogens is 278 g/mol. The molecular formula is C16H29N5O. The van der Waals surface area contributed by atoms with Crippen molar-refractivity contribution >= 4 is 0 Å². The Morgan fingerprint density at radius 2 is 1.91 bits per heavy atom. The Morgan fingerprint density at radius 1 is 1.14 bits per heavy atom. The number of aliphatic hydroxyl groups excluding tert-OH is 1. The van der Waals surface area contributed by atoms with Crippen LogP contribution in [0.5, 0.6) is 0 Å². The van der Waals surface area contributed by atoms with Gasteiger partial charge in [0.2, 0.25) is 0 Å². The second-order valence-corrected chi connectivity index (χ2v) is 6.69. The first-order chi connectivity index (χ1) is 10.7. The molecule has 6 nitrogen and oxygen atoms in total. The van der Waals surface area contributed by atoms with Crippen molar-refractivity contribution in [3.63, 3.8) is 0 Å². The lowest BCUT2D eigenvalue weighted by molar-refractivity contribution is 0.148. The molecule has 3 rings (SSSR count). The Morgan fingerprint density at radius 3 is 2.55 bits per heavy atom. The minimum Gasteiger partial charge on any atom is -0.388 e. The summed E-state index contributed by atoms with van der Waals surface area (Å²) >= 11 is 0. The maximum atomic E-state index is 9.24. The van der Waals surface area contributed by atoms with Crippen LogP contribution in [-0.4, -0.2) is 68.4 Å². The standard InChI is InChI=1S/C16H29N5O/c1-3-21-8-4-5-14(21)11-20-9-6-13(7-10-20)16-18-17-15(12-22)19(16)2/h13-14,22H,3-12H2,1-2H3. The Labute approximate surface area is 133 Å². The Hall–Kier alpha value is -0.980. The SMILES string of the molecule is CCN1CCCC1CN1CCC(c2nnc(CO)n2C)CC1. The molecule has 0 radical (unpaired) electrons. The number of nitrogens with zero attached hydrogens (tertiary/aromatic N) is 5. The molecule has 0 aliphatic carbocycles. The van der Waals surface area contributed by atoms with Gasteiger partial charge in [0.1, 0.15) is 12.4 Å². The van der Waals surface area contributed by atoms with Crippen LogP contribution in [0.2, 0.25) is 0 Å². The number of piperidine rings is 1. The van der Waals surface area contributed by atoms with Gasteiger partial charge in [0.05, 0.1) is 0 Å². The van der Waals surface area contributed by atoms with Gasteiger partial charge in [-0.2, -0.15) is 0 Å². The van der Waals surface area contributed by atoms with Gasteiger partial charge in [-0.25, -0.2) is 0 Å². The fraction of sp³-hybridized carbons (Fsp3) is 0.875. The second kappa shape index (κ2) is 7.06. The van der Waals surface area contributed by atoms with Crippen LogP contribution in [-0.2, 0) is 13.7 Å². The van der Waals surface area contributed by atoms with Crippen LogP contribution < -0.4 is 0 Å². The zero-order chi connectivity index (χ0) is 15.5. The van der Waals surface area contributed by atoms with E-state index in [4.69, 9.17) is 0 Å². The molecule has 0 aromatic carbocycles. The molecule has 1 N–H and O–H groups in total. The molecule has 1 atom stereocenters. The van der Waals surface area contributed by atoms with Gasteiger partial charge in [0.25, 0.3) is 0 Å². The predicted octanol–water partition coefficient (Wildman–Crippen LogP) is 0.971. The van der Waals surface area contributed by atoms with Crippen molar-refractivity contribution in [2.75, 3.05) is 32.7 Å². The van der Waals surface area contributed by atoms with E-state index in [-0.39, 0.29) is 6.61 Å². The van der Waals surface area contributed by atoms with E-state index in [1.54, 1.807) is 0 Å². The quantitative estimate of drug-likeness (QED) is 0.878. The highest BCUT2D eigenvalue weighted by Gasteiger charge is 2.29. The number of rotatable bonds is 5. The van der Waals surface area contributed by atoms with Crippen molar-refractivity contribution in [3.05, 3.63) is 11.6 Å². The van der Waals surface area contributed by atoms with E-state index in [0.717, 1.165) is 37.8 Å².